The van der Waals surface area contributed by atoms with Crippen LogP contribution in [0, 0.1) is 0 Å². The van der Waals surface area contributed by atoms with E-state index < -0.39 is 0 Å². The molecule has 0 atom stereocenters. The summed E-state index contributed by atoms with van der Waals surface area (Å²) in [6, 6.07) is 5.47. The third-order valence-corrected chi connectivity index (χ3v) is 4.97. The lowest BCUT2D eigenvalue weighted by Gasteiger charge is -2.30. The van der Waals surface area contributed by atoms with Gasteiger partial charge in [0.25, 0.3) is 5.91 Å². The van der Waals surface area contributed by atoms with Gasteiger partial charge in [-0.2, -0.15) is 0 Å². The van der Waals surface area contributed by atoms with Gasteiger partial charge in [-0.3, -0.25) is 4.79 Å². The van der Waals surface area contributed by atoms with E-state index in [1.54, 1.807) is 17.8 Å². The van der Waals surface area contributed by atoms with E-state index in [0.29, 0.717) is 16.5 Å². The zero-order valence-electron chi connectivity index (χ0n) is 11.4. The topological polar surface area (TPSA) is 29.1 Å². The van der Waals surface area contributed by atoms with Gasteiger partial charge in [0, 0.05) is 10.8 Å². The van der Waals surface area contributed by atoms with Crippen LogP contribution in [0.5, 0.6) is 0 Å². The molecule has 0 saturated heterocycles. The summed E-state index contributed by atoms with van der Waals surface area (Å²) in [5.74, 6) is 0.233. The van der Waals surface area contributed by atoms with Crippen LogP contribution in [0.25, 0.3) is 0 Å². The summed E-state index contributed by atoms with van der Waals surface area (Å²) in [5.41, 5.74) is 0.141. The summed E-state index contributed by atoms with van der Waals surface area (Å²) in [6.45, 7) is 4.04. The molecule has 0 aromatic heterocycles. The first-order chi connectivity index (χ1) is 9.01. The predicted octanol–water partition coefficient (Wildman–Crippen LogP) is 4.59. The minimum absolute atomic E-state index is 0.162. The lowest BCUT2D eigenvalue weighted by molar-refractivity contribution is 0.0902. The second-order valence-corrected chi connectivity index (χ2v) is 5.98. The number of amides is 1. The van der Waals surface area contributed by atoms with Crippen LogP contribution in [0.2, 0.25) is 5.02 Å². The standard InChI is InChI=1S/C14H19Cl2NOS/c1-4-14(5-2,9-15)17-13(18)11-8-10(19-3)6-7-12(11)16/h6-8H,4-5,9H2,1-3H3,(H,17,18). The Labute approximate surface area is 129 Å². The first-order valence-electron chi connectivity index (χ1n) is 6.24. The fourth-order valence-corrected chi connectivity index (χ4v) is 2.85. The van der Waals surface area contributed by atoms with Gasteiger partial charge in [-0.15, -0.1) is 23.4 Å². The molecule has 0 fully saturated rings. The van der Waals surface area contributed by atoms with Crippen molar-refractivity contribution >= 4 is 40.9 Å². The lowest BCUT2D eigenvalue weighted by atomic mass is 9.94. The van der Waals surface area contributed by atoms with Gasteiger partial charge in [0.1, 0.15) is 0 Å². The lowest BCUT2D eigenvalue weighted by Crippen LogP contribution is -2.49. The first-order valence-corrected chi connectivity index (χ1v) is 8.37. The number of nitrogens with one attached hydrogen (secondary N) is 1. The maximum Gasteiger partial charge on any atom is 0.253 e. The SMILES string of the molecule is CCC(CC)(CCl)NC(=O)c1cc(SC)ccc1Cl. The number of benzene rings is 1. The molecule has 0 aliphatic rings. The number of halogens is 2. The van der Waals surface area contributed by atoms with Crippen LogP contribution in [0.4, 0.5) is 0 Å². The van der Waals surface area contributed by atoms with Gasteiger partial charge < -0.3 is 5.32 Å². The van der Waals surface area contributed by atoms with Gasteiger partial charge >= 0.3 is 0 Å². The molecule has 106 valence electrons. The Morgan fingerprint density at radius 1 is 1.37 bits per heavy atom. The zero-order chi connectivity index (χ0) is 14.5. The van der Waals surface area contributed by atoms with E-state index in [1.165, 1.54) is 0 Å². The summed E-state index contributed by atoms with van der Waals surface area (Å²) in [7, 11) is 0. The van der Waals surface area contributed by atoms with Crippen molar-refractivity contribution in [1.29, 1.82) is 0 Å². The van der Waals surface area contributed by atoms with Gasteiger partial charge in [-0.25, -0.2) is 0 Å². The van der Waals surface area contributed by atoms with Gasteiger partial charge in [0.05, 0.1) is 16.1 Å². The Kier molecular flexibility index (Phi) is 6.51. The summed E-state index contributed by atoms with van der Waals surface area (Å²) >= 11 is 13.7. The Bertz CT molecular complexity index is 439. The number of alkyl halides is 1. The van der Waals surface area contributed by atoms with Crippen molar-refractivity contribution in [2.24, 2.45) is 0 Å². The normalized spacial score (nSPS) is 11.4. The van der Waals surface area contributed by atoms with Crippen LogP contribution in [0.3, 0.4) is 0 Å². The van der Waals surface area contributed by atoms with E-state index in [-0.39, 0.29) is 11.4 Å². The average molecular weight is 320 g/mol. The van der Waals surface area contributed by atoms with Crippen molar-refractivity contribution in [2.75, 3.05) is 12.1 Å². The number of rotatable bonds is 6. The van der Waals surface area contributed by atoms with Crippen LogP contribution in [0.15, 0.2) is 23.1 Å². The van der Waals surface area contributed by atoms with Crippen LogP contribution in [-0.4, -0.2) is 23.6 Å². The van der Waals surface area contributed by atoms with Crippen molar-refractivity contribution < 1.29 is 4.79 Å². The van der Waals surface area contributed by atoms with E-state index in [4.69, 9.17) is 23.2 Å². The maximum absolute atomic E-state index is 12.4. The molecule has 0 saturated carbocycles. The quantitative estimate of drug-likeness (QED) is 0.613. The van der Waals surface area contributed by atoms with E-state index >= 15 is 0 Å². The summed E-state index contributed by atoms with van der Waals surface area (Å²) < 4.78 is 0. The van der Waals surface area contributed by atoms with Gasteiger partial charge in [-0.1, -0.05) is 25.4 Å². The number of hydrogen-bond acceptors (Lipinski definition) is 2. The van der Waals surface area contributed by atoms with Crippen molar-refractivity contribution in [3.63, 3.8) is 0 Å². The molecule has 0 aliphatic carbocycles. The molecule has 0 bridgehead atoms. The summed E-state index contributed by atoms with van der Waals surface area (Å²) in [6.07, 6.45) is 3.54. The van der Waals surface area contributed by atoms with Crippen molar-refractivity contribution in [2.45, 2.75) is 37.1 Å². The fraction of sp³-hybridized carbons (Fsp3) is 0.500. The number of carbonyl (C=O) groups is 1. The monoisotopic (exact) mass is 319 g/mol. The molecule has 5 heteroatoms. The van der Waals surface area contributed by atoms with Crippen LogP contribution < -0.4 is 5.32 Å². The number of thioether (sulfide) groups is 1. The number of hydrogen-bond donors (Lipinski definition) is 1. The molecule has 1 amide bonds. The van der Waals surface area contributed by atoms with Crippen LogP contribution in [0.1, 0.15) is 37.0 Å². The largest absolute Gasteiger partial charge is 0.345 e. The average Bonchev–Trinajstić information content (AvgIpc) is 2.45. The molecular weight excluding hydrogens is 301 g/mol. The third-order valence-electron chi connectivity index (χ3n) is 3.41. The Morgan fingerprint density at radius 2 is 2.00 bits per heavy atom. The molecule has 0 aliphatic heterocycles. The van der Waals surface area contributed by atoms with Gasteiger partial charge in [-0.05, 0) is 37.3 Å². The highest BCUT2D eigenvalue weighted by Crippen LogP contribution is 2.25. The highest BCUT2D eigenvalue weighted by molar-refractivity contribution is 7.98. The molecule has 0 heterocycles. The second kappa shape index (κ2) is 7.41. The van der Waals surface area contributed by atoms with E-state index in [2.05, 4.69) is 5.32 Å². The molecule has 19 heavy (non-hydrogen) atoms. The minimum atomic E-state index is -0.364. The highest BCUT2D eigenvalue weighted by Gasteiger charge is 2.28. The predicted molar refractivity (Wildman–Crippen MR) is 84.7 cm³/mol. The Balaban J connectivity index is 3.00. The van der Waals surface area contributed by atoms with Crippen molar-refractivity contribution in [3.05, 3.63) is 28.8 Å². The molecule has 1 aromatic rings. The minimum Gasteiger partial charge on any atom is -0.345 e. The maximum atomic E-state index is 12.4. The molecule has 1 rings (SSSR count). The molecule has 1 aromatic carbocycles. The molecular formula is C14H19Cl2NOS. The van der Waals surface area contributed by atoms with E-state index in [0.717, 1.165) is 17.7 Å². The van der Waals surface area contributed by atoms with Gasteiger partial charge in [0.2, 0.25) is 0 Å². The third kappa shape index (κ3) is 4.04. The van der Waals surface area contributed by atoms with Crippen molar-refractivity contribution in [1.82, 2.24) is 5.32 Å². The smallest absolute Gasteiger partial charge is 0.253 e. The van der Waals surface area contributed by atoms with Crippen LogP contribution >= 0.6 is 35.0 Å². The summed E-state index contributed by atoms with van der Waals surface area (Å²) in [5, 5.41) is 3.49. The molecule has 0 radical (unpaired) electrons. The van der Waals surface area contributed by atoms with E-state index in [1.807, 2.05) is 32.2 Å². The highest BCUT2D eigenvalue weighted by atomic mass is 35.5. The van der Waals surface area contributed by atoms with Crippen molar-refractivity contribution in [3.8, 4) is 0 Å². The van der Waals surface area contributed by atoms with E-state index in [9.17, 15) is 4.79 Å². The summed E-state index contributed by atoms with van der Waals surface area (Å²) in [4.78, 5) is 13.4. The molecule has 1 N–H and O–H groups in total. The van der Waals surface area contributed by atoms with Crippen LogP contribution in [-0.2, 0) is 0 Å². The first kappa shape index (κ1) is 16.7. The molecule has 0 unspecified atom stereocenters. The Morgan fingerprint density at radius 3 is 2.47 bits per heavy atom. The van der Waals surface area contributed by atoms with Gasteiger partial charge in [0.15, 0.2) is 0 Å². The Hall–Kier alpha value is -0.380. The molecule has 0 spiro atoms. The zero-order valence-corrected chi connectivity index (χ0v) is 13.8. The number of carbonyl (C=O) groups excluding carboxylic acids is 1. The second-order valence-electron chi connectivity index (χ2n) is 4.42. The molecule has 2 nitrogen and oxygen atoms in total. The fourth-order valence-electron chi connectivity index (χ4n) is 1.76.